The van der Waals surface area contributed by atoms with Crippen LogP contribution in [0.1, 0.15) is 5.69 Å². The lowest BCUT2D eigenvalue weighted by atomic mass is 10.1. The van der Waals surface area contributed by atoms with Crippen LogP contribution in [0.15, 0.2) is 67.2 Å². The third-order valence-electron chi connectivity index (χ3n) is 2.90. The Labute approximate surface area is 116 Å². The smallest absolute Gasteiger partial charge is 0.124 e. The largest absolute Gasteiger partial charge is 0.236 e. The Balaban J connectivity index is 2.12. The fourth-order valence-electron chi connectivity index (χ4n) is 1.97. The number of hydrogen-bond acceptors (Lipinski definition) is 2. The summed E-state index contributed by atoms with van der Waals surface area (Å²) in [4.78, 5) is 5.85. The van der Waals surface area contributed by atoms with Crippen LogP contribution >= 0.6 is 11.3 Å². The average molecular weight is 263 g/mol. The third kappa shape index (κ3) is 2.35. The van der Waals surface area contributed by atoms with Gasteiger partial charge in [0.1, 0.15) is 5.01 Å². The molecule has 0 saturated heterocycles. The van der Waals surface area contributed by atoms with Gasteiger partial charge in [-0.3, -0.25) is 0 Å². The molecule has 19 heavy (non-hydrogen) atoms. The lowest BCUT2D eigenvalue weighted by Crippen LogP contribution is -1.78. The zero-order chi connectivity index (χ0) is 13.1. The van der Waals surface area contributed by atoms with E-state index in [1.54, 1.807) is 11.3 Å². The van der Waals surface area contributed by atoms with Crippen molar-refractivity contribution in [3.63, 3.8) is 0 Å². The van der Waals surface area contributed by atoms with Crippen molar-refractivity contribution in [1.29, 1.82) is 0 Å². The van der Waals surface area contributed by atoms with E-state index in [0.717, 1.165) is 16.3 Å². The molecule has 2 aromatic carbocycles. The van der Waals surface area contributed by atoms with Crippen molar-refractivity contribution in [1.82, 2.24) is 4.98 Å². The summed E-state index contributed by atoms with van der Waals surface area (Å²) < 4.78 is 0. The fraction of sp³-hybridized carbons (Fsp3) is 0. The molecule has 0 fully saturated rings. The molecule has 1 nitrogen and oxygen atoms in total. The van der Waals surface area contributed by atoms with Crippen molar-refractivity contribution >= 4 is 17.4 Å². The van der Waals surface area contributed by atoms with E-state index in [4.69, 9.17) is 0 Å². The molecule has 0 amide bonds. The van der Waals surface area contributed by atoms with Crippen molar-refractivity contribution in [3.8, 4) is 21.0 Å². The van der Waals surface area contributed by atoms with Gasteiger partial charge in [0, 0.05) is 5.56 Å². The maximum absolute atomic E-state index is 4.68. The normalized spacial score (nSPS) is 10.3. The Morgan fingerprint density at radius 2 is 1.42 bits per heavy atom. The van der Waals surface area contributed by atoms with Crippen LogP contribution in [0.4, 0.5) is 0 Å². The SMILES string of the molecule is C=Cc1nc(-c2ccccc2)sc1-c1ccccc1. The van der Waals surface area contributed by atoms with Crippen LogP contribution in [-0.4, -0.2) is 4.98 Å². The first-order valence-corrected chi connectivity index (χ1v) is 6.94. The van der Waals surface area contributed by atoms with E-state index < -0.39 is 0 Å². The van der Waals surface area contributed by atoms with Gasteiger partial charge >= 0.3 is 0 Å². The first kappa shape index (κ1) is 11.9. The molecule has 1 aromatic heterocycles. The van der Waals surface area contributed by atoms with Gasteiger partial charge in [-0.15, -0.1) is 11.3 Å². The van der Waals surface area contributed by atoms with Crippen LogP contribution in [0.3, 0.4) is 0 Å². The van der Waals surface area contributed by atoms with Gasteiger partial charge in [-0.2, -0.15) is 0 Å². The summed E-state index contributed by atoms with van der Waals surface area (Å²) in [7, 11) is 0. The first-order chi connectivity index (χ1) is 9.38. The predicted molar refractivity (Wildman–Crippen MR) is 83.1 cm³/mol. The van der Waals surface area contributed by atoms with Gasteiger partial charge in [0.2, 0.25) is 0 Å². The molecule has 0 spiro atoms. The molecule has 0 aliphatic carbocycles. The molecule has 0 aliphatic rings. The molecule has 1 heterocycles. The molecule has 0 radical (unpaired) electrons. The van der Waals surface area contributed by atoms with Crippen LogP contribution in [-0.2, 0) is 0 Å². The van der Waals surface area contributed by atoms with Crippen molar-refractivity contribution in [2.45, 2.75) is 0 Å². The van der Waals surface area contributed by atoms with Crippen LogP contribution < -0.4 is 0 Å². The number of nitrogens with zero attached hydrogens (tertiary/aromatic N) is 1. The minimum Gasteiger partial charge on any atom is -0.236 e. The number of rotatable bonds is 3. The highest BCUT2D eigenvalue weighted by molar-refractivity contribution is 7.18. The van der Waals surface area contributed by atoms with Gasteiger partial charge in [0.25, 0.3) is 0 Å². The highest BCUT2D eigenvalue weighted by atomic mass is 32.1. The molecule has 0 saturated carbocycles. The highest BCUT2D eigenvalue weighted by Gasteiger charge is 2.11. The third-order valence-corrected chi connectivity index (χ3v) is 4.07. The Morgan fingerprint density at radius 1 is 0.842 bits per heavy atom. The summed E-state index contributed by atoms with van der Waals surface area (Å²) in [5, 5.41) is 1.04. The zero-order valence-corrected chi connectivity index (χ0v) is 11.2. The summed E-state index contributed by atoms with van der Waals surface area (Å²) in [5.74, 6) is 0. The average Bonchev–Trinajstić information content (AvgIpc) is 2.93. The maximum atomic E-state index is 4.68. The molecule has 92 valence electrons. The Bertz CT molecular complexity index is 684. The molecule has 2 heteroatoms. The standard InChI is InChI=1S/C17H13NS/c1-2-15-16(13-9-5-3-6-10-13)19-17(18-15)14-11-7-4-8-12-14/h2-12H,1H2. The van der Waals surface area contributed by atoms with E-state index in [9.17, 15) is 0 Å². The monoisotopic (exact) mass is 263 g/mol. The zero-order valence-electron chi connectivity index (χ0n) is 10.4. The summed E-state index contributed by atoms with van der Waals surface area (Å²) in [5.41, 5.74) is 3.30. The Hall–Kier alpha value is -2.19. The van der Waals surface area contributed by atoms with Gasteiger partial charge in [-0.25, -0.2) is 4.98 Å². The van der Waals surface area contributed by atoms with E-state index in [1.165, 1.54) is 10.4 Å². The lowest BCUT2D eigenvalue weighted by Gasteiger charge is -1.97. The summed E-state index contributed by atoms with van der Waals surface area (Å²) >= 11 is 1.71. The number of thiazole rings is 1. The number of hydrogen-bond donors (Lipinski definition) is 0. The van der Waals surface area contributed by atoms with Crippen LogP contribution in [0.25, 0.3) is 27.1 Å². The number of aromatic nitrogens is 1. The van der Waals surface area contributed by atoms with E-state index in [1.807, 2.05) is 42.5 Å². The van der Waals surface area contributed by atoms with E-state index in [0.29, 0.717) is 0 Å². The highest BCUT2D eigenvalue weighted by Crippen LogP contribution is 2.35. The quantitative estimate of drug-likeness (QED) is 0.639. The molecule has 0 bridgehead atoms. The van der Waals surface area contributed by atoms with Crippen LogP contribution in [0.5, 0.6) is 0 Å². The topological polar surface area (TPSA) is 12.9 Å². The predicted octanol–water partition coefficient (Wildman–Crippen LogP) is 5.12. The fourth-order valence-corrected chi connectivity index (χ4v) is 3.05. The molecule has 0 N–H and O–H groups in total. The molecule has 0 aliphatic heterocycles. The van der Waals surface area contributed by atoms with Crippen LogP contribution in [0.2, 0.25) is 0 Å². The van der Waals surface area contributed by atoms with Gasteiger partial charge in [0.05, 0.1) is 10.6 Å². The van der Waals surface area contributed by atoms with Crippen molar-refractivity contribution < 1.29 is 0 Å². The second-order valence-electron chi connectivity index (χ2n) is 4.17. The molecule has 0 atom stereocenters. The second-order valence-corrected chi connectivity index (χ2v) is 5.17. The second kappa shape index (κ2) is 5.21. The Morgan fingerprint density at radius 3 is 2.00 bits per heavy atom. The van der Waals surface area contributed by atoms with Crippen molar-refractivity contribution in [3.05, 3.63) is 72.9 Å². The molecular weight excluding hydrogens is 250 g/mol. The molecule has 0 unspecified atom stereocenters. The minimum absolute atomic E-state index is 0.954. The molecular formula is C17H13NS. The van der Waals surface area contributed by atoms with Gasteiger partial charge in [-0.1, -0.05) is 67.2 Å². The van der Waals surface area contributed by atoms with Crippen LogP contribution in [0, 0.1) is 0 Å². The van der Waals surface area contributed by atoms with Crippen molar-refractivity contribution in [2.75, 3.05) is 0 Å². The van der Waals surface area contributed by atoms with E-state index in [-0.39, 0.29) is 0 Å². The van der Waals surface area contributed by atoms with Gasteiger partial charge in [0.15, 0.2) is 0 Å². The van der Waals surface area contributed by atoms with Gasteiger partial charge < -0.3 is 0 Å². The minimum atomic E-state index is 0.954. The molecule has 3 aromatic rings. The molecule has 3 rings (SSSR count). The lowest BCUT2D eigenvalue weighted by molar-refractivity contribution is 1.38. The van der Waals surface area contributed by atoms with Crippen molar-refractivity contribution in [2.24, 2.45) is 0 Å². The van der Waals surface area contributed by atoms with E-state index >= 15 is 0 Å². The summed E-state index contributed by atoms with van der Waals surface area (Å²) in [6.45, 7) is 3.87. The Kier molecular flexibility index (Phi) is 3.25. The first-order valence-electron chi connectivity index (χ1n) is 6.12. The summed E-state index contributed by atoms with van der Waals surface area (Å²) in [6.07, 6.45) is 1.82. The maximum Gasteiger partial charge on any atom is 0.124 e. The summed E-state index contributed by atoms with van der Waals surface area (Å²) in [6, 6.07) is 20.6. The van der Waals surface area contributed by atoms with Gasteiger partial charge in [-0.05, 0) is 11.6 Å². The number of benzene rings is 2. The van der Waals surface area contributed by atoms with E-state index in [2.05, 4.69) is 35.8 Å².